The summed E-state index contributed by atoms with van der Waals surface area (Å²) in [5.74, 6) is 0.538. The van der Waals surface area contributed by atoms with Gasteiger partial charge in [-0.05, 0) is 31.5 Å². The fraction of sp³-hybridized carbons (Fsp3) is 0.294. The minimum atomic E-state index is -0.0516. The predicted molar refractivity (Wildman–Crippen MR) is 86.6 cm³/mol. The van der Waals surface area contributed by atoms with Crippen molar-refractivity contribution in [2.75, 3.05) is 23.3 Å². The second-order valence-corrected chi connectivity index (χ2v) is 4.78. The van der Waals surface area contributed by atoms with Crippen molar-refractivity contribution in [3.8, 4) is 0 Å². The largest absolute Gasteiger partial charge is 0.371 e. The van der Waals surface area contributed by atoms with Gasteiger partial charge >= 0.3 is 0 Å². The van der Waals surface area contributed by atoms with Crippen molar-refractivity contribution in [3.05, 3.63) is 54.2 Å². The van der Waals surface area contributed by atoms with Gasteiger partial charge in [0.05, 0.1) is 18.3 Å². The molecule has 110 valence electrons. The molecule has 21 heavy (non-hydrogen) atoms. The molecule has 0 saturated heterocycles. The van der Waals surface area contributed by atoms with Crippen LogP contribution in [0.5, 0.6) is 0 Å². The van der Waals surface area contributed by atoms with Gasteiger partial charge in [0.2, 0.25) is 5.91 Å². The average Bonchev–Trinajstić information content (AvgIpc) is 2.51. The van der Waals surface area contributed by atoms with E-state index in [1.54, 1.807) is 6.20 Å². The van der Waals surface area contributed by atoms with Crippen LogP contribution >= 0.6 is 0 Å². The molecule has 4 heteroatoms. The second-order valence-electron chi connectivity index (χ2n) is 4.78. The van der Waals surface area contributed by atoms with Crippen molar-refractivity contribution in [2.45, 2.75) is 20.3 Å². The molecule has 0 aliphatic heterocycles. The number of nitrogens with one attached hydrogen (secondary N) is 1. The van der Waals surface area contributed by atoms with Gasteiger partial charge < -0.3 is 10.2 Å². The molecule has 1 amide bonds. The van der Waals surface area contributed by atoms with Crippen molar-refractivity contribution >= 4 is 17.4 Å². The number of amides is 1. The molecule has 0 aliphatic carbocycles. The Morgan fingerprint density at radius 1 is 1.10 bits per heavy atom. The molecule has 0 fully saturated rings. The zero-order valence-electron chi connectivity index (χ0n) is 12.5. The Balaban J connectivity index is 1.95. The Hall–Kier alpha value is -2.36. The van der Waals surface area contributed by atoms with Gasteiger partial charge in [-0.25, -0.2) is 4.98 Å². The maximum atomic E-state index is 12.0. The lowest BCUT2D eigenvalue weighted by atomic mass is 10.1. The molecule has 2 rings (SSSR count). The quantitative estimate of drug-likeness (QED) is 0.886. The predicted octanol–water partition coefficient (Wildman–Crippen LogP) is 3.11. The van der Waals surface area contributed by atoms with E-state index in [0.717, 1.165) is 24.3 Å². The zero-order chi connectivity index (χ0) is 15.1. The van der Waals surface area contributed by atoms with Crippen LogP contribution in [0.1, 0.15) is 19.4 Å². The Kier molecular flexibility index (Phi) is 5.32. The minimum absolute atomic E-state index is 0.0516. The van der Waals surface area contributed by atoms with Crippen LogP contribution in [-0.2, 0) is 11.2 Å². The molecule has 0 bridgehead atoms. The molecular weight excluding hydrogens is 262 g/mol. The van der Waals surface area contributed by atoms with Gasteiger partial charge in [0.1, 0.15) is 5.82 Å². The van der Waals surface area contributed by atoms with Crippen molar-refractivity contribution in [1.82, 2.24) is 4.98 Å². The zero-order valence-corrected chi connectivity index (χ0v) is 12.5. The highest BCUT2D eigenvalue weighted by molar-refractivity contribution is 5.91. The first-order valence-electron chi connectivity index (χ1n) is 7.27. The summed E-state index contributed by atoms with van der Waals surface area (Å²) >= 11 is 0. The van der Waals surface area contributed by atoms with Gasteiger partial charge in [-0.15, -0.1) is 0 Å². The molecule has 0 saturated carbocycles. The first-order valence-corrected chi connectivity index (χ1v) is 7.27. The number of rotatable bonds is 6. The summed E-state index contributed by atoms with van der Waals surface area (Å²) in [4.78, 5) is 18.5. The topological polar surface area (TPSA) is 45.2 Å². The molecule has 1 heterocycles. The van der Waals surface area contributed by atoms with Crippen LogP contribution in [0.2, 0.25) is 0 Å². The Morgan fingerprint density at radius 3 is 2.38 bits per heavy atom. The number of carbonyl (C=O) groups is 1. The first kappa shape index (κ1) is 15.0. The van der Waals surface area contributed by atoms with Gasteiger partial charge in [0.15, 0.2) is 0 Å². The molecule has 4 nitrogen and oxygen atoms in total. The van der Waals surface area contributed by atoms with E-state index in [-0.39, 0.29) is 5.91 Å². The number of anilines is 2. The van der Waals surface area contributed by atoms with Crippen molar-refractivity contribution in [1.29, 1.82) is 0 Å². The van der Waals surface area contributed by atoms with E-state index in [2.05, 4.69) is 29.0 Å². The molecule has 0 atom stereocenters. The van der Waals surface area contributed by atoms with Gasteiger partial charge in [-0.2, -0.15) is 0 Å². The maximum absolute atomic E-state index is 12.0. The third kappa shape index (κ3) is 4.31. The third-order valence-electron chi connectivity index (χ3n) is 3.35. The van der Waals surface area contributed by atoms with Gasteiger partial charge in [-0.1, -0.05) is 30.3 Å². The average molecular weight is 283 g/mol. The van der Waals surface area contributed by atoms with Crippen LogP contribution in [-0.4, -0.2) is 24.0 Å². The molecule has 0 spiro atoms. The molecule has 1 aromatic heterocycles. The fourth-order valence-electron chi connectivity index (χ4n) is 2.20. The van der Waals surface area contributed by atoms with Crippen LogP contribution in [0.25, 0.3) is 0 Å². The number of aromatic nitrogens is 1. The van der Waals surface area contributed by atoms with Gasteiger partial charge in [0.25, 0.3) is 0 Å². The fourth-order valence-corrected chi connectivity index (χ4v) is 2.20. The highest BCUT2D eigenvalue weighted by Crippen LogP contribution is 2.14. The standard InChI is InChI=1S/C17H21N3O/c1-3-20(4-2)15-10-11-16(18-13-15)19-17(21)12-14-8-6-5-7-9-14/h5-11,13H,3-4,12H2,1-2H3,(H,18,19,21). The van der Waals surface area contributed by atoms with E-state index < -0.39 is 0 Å². The summed E-state index contributed by atoms with van der Waals surface area (Å²) in [5.41, 5.74) is 2.07. The summed E-state index contributed by atoms with van der Waals surface area (Å²) < 4.78 is 0. The van der Waals surface area contributed by atoms with E-state index in [1.165, 1.54) is 0 Å². The monoisotopic (exact) mass is 283 g/mol. The molecule has 1 aromatic carbocycles. The van der Waals surface area contributed by atoms with Crippen molar-refractivity contribution in [3.63, 3.8) is 0 Å². The number of nitrogens with zero attached hydrogens (tertiary/aromatic N) is 2. The van der Waals surface area contributed by atoms with E-state index in [0.29, 0.717) is 12.2 Å². The number of carbonyl (C=O) groups excluding carboxylic acids is 1. The van der Waals surface area contributed by atoms with Crippen LogP contribution in [0.3, 0.4) is 0 Å². The van der Waals surface area contributed by atoms with Gasteiger partial charge in [-0.3, -0.25) is 4.79 Å². The van der Waals surface area contributed by atoms with Gasteiger partial charge in [0, 0.05) is 13.1 Å². The maximum Gasteiger partial charge on any atom is 0.229 e. The highest BCUT2D eigenvalue weighted by Gasteiger charge is 2.06. The molecule has 0 radical (unpaired) electrons. The number of hydrogen-bond acceptors (Lipinski definition) is 3. The molecule has 0 unspecified atom stereocenters. The third-order valence-corrected chi connectivity index (χ3v) is 3.35. The van der Waals surface area contributed by atoms with Crippen molar-refractivity contribution < 1.29 is 4.79 Å². The summed E-state index contributed by atoms with van der Waals surface area (Å²) in [7, 11) is 0. The minimum Gasteiger partial charge on any atom is -0.371 e. The van der Waals surface area contributed by atoms with Crippen LogP contribution in [0, 0.1) is 0 Å². The lowest BCUT2D eigenvalue weighted by Crippen LogP contribution is -2.22. The van der Waals surface area contributed by atoms with Crippen LogP contribution in [0.4, 0.5) is 11.5 Å². The normalized spacial score (nSPS) is 10.2. The first-order chi connectivity index (χ1) is 10.2. The van der Waals surface area contributed by atoms with Crippen molar-refractivity contribution in [2.24, 2.45) is 0 Å². The second kappa shape index (κ2) is 7.43. The Morgan fingerprint density at radius 2 is 1.81 bits per heavy atom. The Bertz CT molecular complexity index is 562. The summed E-state index contributed by atoms with van der Waals surface area (Å²) in [6.07, 6.45) is 2.16. The SMILES string of the molecule is CCN(CC)c1ccc(NC(=O)Cc2ccccc2)nc1. The van der Waals surface area contributed by atoms with Crippen LogP contribution < -0.4 is 10.2 Å². The van der Waals surface area contributed by atoms with E-state index in [9.17, 15) is 4.79 Å². The van der Waals surface area contributed by atoms with E-state index in [1.807, 2.05) is 42.5 Å². The molecule has 0 aliphatic rings. The highest BCUT2D eigenvalue weighted by atomic mass is 16.1. The molecule has 2 aromatic rings. The van der Waals surface area contributed by atoms with E-state index >= 15 is 0 Å². The summed E-state index contributed by atoms with van der Waals surface area (Å²) in [5, 5.41) is 2.82. The van der Waals surface area contributed by atoms with Crippen LogP contribution in [0.15, 0.2) is 48.7 Å². The lowest BCUT2D eigenvalue weighted by molar-refractivity contribution is -0.115. The molecule has 1 N–H and O–H groups in total. The van der Waals surface area contributed by atoms with E-state index in [4.69, 9.17) is 0 Å². The lowest BCUT2D eigenvalue weighted by Gasteiger charge is -2.20. The number of hydrogen-bond donors (Lipinski definition) is 1. The number of benzene rings is 1. The Labute approximate surface area is 125 Å². The summed E-state index contributed by atoms with van der Waals surface area (Å²) in [6.45, 7) is 6.11. The number of pyridine rings is 1. The molecular formula is C17H21N3O. The smallest absolute Gasteiger partial charge is 0.229 e. The summed E-state index contributed by atoms with van der Waals surface area (Å²) in [6, 6.07) is 13.5.